The Balaban J connectivity index is 0.000000223. The number of aryl methyl sites for hydroxylation is 2. The van der Waals surface area contributed by atoms with Crippen molar-refractivity contribution in [2.24, 2.45) is 28.6 Å². The predicted molar refractivity (Wildman–Crippen MR) is 225 cm³/mol. The van der Waals surface area contributed by atoms with E-state index in [-0.39, 0.29) is 43.1 Å². The van der Waals surface area contributed by atoms with Crippen LogP contribution in [0.2, 0.25) is 0 Å². The summed E-state index contributed by atoms with van der Waals surface area (Å²) in [5.41, 5.74) is 9.61. The standard InChI is InChI=1S/C31H34N.C19H32O2.Ir/c1-20-14-21(2)30-25(16-22-10-6-7-11-22)19-28(32-29(30)15-20)24-17-23-12-8-9-13-26(23)27(18-24)31(3,4)5;1-18(2)9-5-14(6-10-18)16(20)13-17(21)15-7-11-19(3,4)12-8-15;/h8-9,12-15,18-19,22H,6-7,10-11,16H2,1-5H3;13-15,20H,5-12H2,1-4H3;/q-1;;/b;16-13-;. The monoisotopic (exact) mass is 905 g/mol. The van der Waals surface area contributed by atoms with Gasteiger partial charge in [0.2, 0.25) is 0 Å². The number of fused-ring (bicyclic) bond motifs is 2. The molecular weight excluding hydrogens is 839 g/mol. The number of rotatable bonds is 6. The summed E-state index contributed by atoms with van der Waals surface area (Å²) in [6.07, 6.45) is 16.7. The molecule has 3 aromatic carbocycles. The third-order valence-corrected chi connectivity index (χ3v) is 13.0. The molecule has 293 valence electrons. The van der Waals surface area contributed by atoms with Gasteiger partial charge in [-0.1, -0.05) is 115 Å². The number of aromatic nitrogens is 1. The number of ketones is 1. The molecule has 0 aliphatic heterocycles. The van der Waals surface area contributed by atoms with E-state index in [2.05, 4.69) is 117 Å². The molecule has 54 heavy (non-hydrogen) atoms. The molecule has 0 saturated heterocycles. The molecular formula is C50H66IrNO2-. The van der Waals surface area contributed by atoms with Crippen molar-refractivity contribution in [3.05, 3.63) is 88.7 Å². The van der Waals surface area contributed by atoms with E-state index in [1.54, 1.807) is 6.08 Å². The van der Waals surface area contributed by atoms with E-state index in [1.165, 1.54) is 64.1 Å². The zero-order valence-corrected chi connectivity index (χ0v) is 37.2. The van der Waals surface area contributed by atoms with Crippen molar-refractivity contribution in [2.45, 2.75) is 151 Å². The van der Waals surface area contributed by atoms with Gasteiger partial charge in [-0.2, -0.15) is 0 Å². The Kier molecular flexibility index (Phi) is 13.4. The fraction of sp³-hybridized carbons (Fsp3) is 0.560. The Labute approximate surface area is 340 Å². The Morgan fingerprint density at radius 2 is 1.44 bits per heavy atom. The second-order valence-corrected chi connectivity index (χ2v) is 19.7. The average molecular weight is 905 g/mol. The number of nitrogens with zero attached hydrogens (tertiary/aromatic N) is 1. The van der Waals surface area contributed by atoms with Gasteiger partial charge < -0.3 is 5.11 Å². The first-order chi connectivity index (χ1) is 25.0. The molecule has 1 N–H and O–H groups in total. The summed E-state index contributed by atoms with van der Waals surface area (Å²) in [5, 5.41) is 14.1. The average Bonchev–Trinajstić information content (AvgIpc) is 3.60. The van der Waals surface area contributed by atoms with E-state index in [0.29, 0.717) is 16.6 Å². The van der Waals surface area contributed by atoms with Crippen LogP contribution in [0.1, 0.15) is 148 Å². The molecule has 0 unspecified atom stereocenters. The van der Waals surface area contributed by atoms with Crippen molar-refractivity contribution in [1.82, 2.24) is 4.98 Å². The molecule has 0 amide bonds. The first kappa shape index (κ1) is 42.3. The van der Waals surface area contributed by atoms with Gasteiger partial charge in [0.05, 0.1) is 11.3 Å². The summed E-state index contributed by atoms with van der Waals surface area (Å²) in [7, 11) is 0. The van der Waals surface area contributed by atoms with Crippen LogP contribution in [-0.2, 0) is 36.7 Å². The third kappa shape index (κ3) is 10.3. The minimum atomic E-state index is 0. The van der Waals surface area contributed by atoms with Gasteiger partial charge >= 0.3 is 0 Å². The van der Waals surface area contributed by atoms with Gasteiger partial charge in [0.15, 0.2) is 5.78 Å². The van der Waals surface area contributed by atoms with E-state index in [4.69, 9.17) is 4.98 Å². The van der Waals surface area contributed by atoms with Crippen molar-refractivity contribution in [3.8, 4) is 11.3 Å². The van der Waals surface area contributed by atoms with Gasteiger partial charge in [-0.05, 0) is 117 Å². The van der Waals surface area contributed by atoms with Crippen LogP contribution < -0.4 is 0 Å². The van der Waals surface area contributed by atoms with Crippen LogP contribution in [0.15, 0.2) is 60.4 Å². The molecule has 3 aliphatic carbocycles. The fourth-order valence-corrected chi connectivity index (χ4v) is 9.42. The zero-order chi connectivity index (χ0) is 38.1. The molecule has 3 fully saturated rings. The quantitative estimate of drug-likeness (QED) is 0.119. The van der Waals surface area contributed by atoms with Gasteiger partial charge in [0.1, 0.15) is 0 Å². The normalized spacial score (nSPS) is 19.7. The van der Waals surface area contributed by atoms with E-state index in [9.17, 15) is 9.90 Å². The molecule has 1 heterocycles. The van der Waals surface area contributed by atoms with Gasteiger partial charge in [-0.25, -0.2) is 0 Å². The molecule has 3 aliphatic rings. The summed E-state index contributed by atoms with van der Waals surface area (Å²) in [6, 6.07) is 21.6. The minimum absolute atomic E-state index is 0. The minimum Gasteiger partial charge on any atom is -0.512 e. The molecule has 4 aromatic rings. The van der Waals surface area contributed by atoms with Gasteiger partial charge in [0.25, 0.3) is 0 Å². The number of hydrogen-bond acceptors (Lipinski definition) is 3. The molecule has 7 rings (SSSR count). The first-order valence-corrected chi connectivity index (χ1v) is 20.8. The predicted octanol–water partition coefficient (Wildman–Crippen LogP) is 13.9. The smallest absolute Gasteiger partial charge is 0.162 e. The van der Waals surface area contributed by atoms with Crippen LogP contribution in [0.5, 0.6) is 0 Å². The zero-order valence-electron chi connectivity index (χ0n) is 34.8. The van der Waals surface area contributed by atoms with Crippen LogP contribution in [0, 0.1) is 48.5 Å². The van der Waals surface area contributed by atoms with Crippen LogP contribution in [0.4, 0.5) is 0 Å². The molecule has 1 radical (unpaired) electrons. The number of aliphatic hydroxyl groups excluding tert-OH is 1. The van der Waals surface area contributed by atoms with Crippen molar-refractivity contribution in [2.75, 3.05) is 0 Å². The summed E-state index contributed by atoms with van der Waals surface area (Å²) >= 11 is 0. The van der Waals surface area contributed by atoms with E-state index in [1.807, 2.05) is 0 Å². The maximum absolute atomic E-state index is 12.4. The Morgan fingerprint density at radius 1 is 0.852 bits per heavy atom. The van der Waals surface area contributed by atoms with Crippen molar-refractivity contribution >= 4 is 27.5 Å². The largest absolute Gasteiger partial charge is 0.512 e. The molecule has 1 aromatic heterocycles. The van der Waals surface area contributed by atoms with Crippen LogP contribution in [0.25, 0.3) is 32.9 Å². The van der Waals surface area contributed by atoms with Crippen LogP contribution in [-0.4, -0.2) is 15.9 Å². The topological polar surface area (TPSA) is 50.2 Å². The number of allylic oxidation sites excluding steroid dienone is 2. The number of pyridine rings is 1. The SMILES string of the molecule is CC1(C)CCC(C(=O)/C=C(\O)C2CCC(C)(C)CC2)CC1.Cc1cc(C)c2c(CC3CCCC3)cc(-c3[c-]c4ccccc4c(C(C)(C)C)c3)nc2c1.[Ir]. The number of hydrogen-bond donors (Lipinski definition) is 1. The second-order valence-electron chi connectivity index (χ2n) is 19.7. The summed E-state index contributed by atoms with van der Waals surface area (Å²) < 4.78 is 0. The van der Waals surface area contributed by atoms with Gasteiger partial charge in [0, 0.05) is 49.1 Å². The molecule has 3 saturated carbocycles. The first-order valence-electron chi connectivity index (χ1n) is 20.8. The van der Waals surface area contributed by atoms with Crippen LogP contribution in [0.3, 0.4) is 0 Å². The van der Waals surface area contributed by atoms with E-state index < -0.39 is 0 Å². The summed E-state index contributed by atoms with van der Waals surface area (Å²) in [6.45, 7) is 20.5. The number of carbonyl (C=O) groups is 1. The Bertz CT molecular complexity index is 1950. The van der Waals surface area contributed by atoms with Crippen molar-refractivity contribution in [3.63, 3.8) is 0 Å². The second kappa shape index (κ2) is 17.1. The maximum atomic E-state index is 12.4. The maximum Gasteiger partial charge on any atom is 0.162 e. The molecule has 0 spiro atoms. The number of aliphatic hydroxyl groups is 1. The third-order valence-electron chi connectivity index (χ3n) is 13.0. The van der Waals surface area contributed by atoms with E-state index in [0.717, 1.165) is 80.5 Å². The number of carbonyl (C=O) groups excluding carboxylic acids is 1. The molecule has 0 atom stereocenters. The summed E-state index contributed by atoms with van der Waals surface area (Å²) in [5.74, 6) is 1.66. The Morgan fingerprint density at radius 3 is 2.06 bits per heavy atom. The van der Waals surface area contributed by atoms with Crippen molar-refractivity contribution in [1.29, 1.82) is 0 Å². The van der Waals surface area contributed by atoms with Gasteiger partial charge in [-0.3, -0.25) is 9.78 Å². The Hall–Kier alpha value is -2.81. The van der Waals surface area contributed by atoms with E-state index >= 15 is 0 Å². The van der Waals surface area contributed by atoms with Crippen LogP contribution >= 0.6 is 0 Å². The molecule has 4 heteroatoms. The number of benzene rings is 3. The van der Waals surface area contributed by atoms with Crippen molar-refractivity contribution < 1.29 is 30.0 Å². The fourth-order valence-electron chi connectivity index (χ4n) is 9.42. The molecule has 0 bridgehead atoms. The summed E-state index contributed by atoms with van der Waals surface area (Å²) in [4.78, 5) is 17.6. The molecule has 3 nitrogen and oxygen atoms in total. The van der Waals surface area contributed by atoms with Gasteiger partial charge in [-0.15, -0.1) is 29.1 Å².